The number of ether oxygens (including phenoxy) is 3. The molecular weight excluding hydrogens is 952 g/mol. The summed E-state index contributed by atoms with van der Waals surface area (Å²) in [5.41, 5.74) is 0. The monoisotopic (exact) mass is 1070 g/mol. The number of rotatable bonds is 59. The van der Waals surface area contributed by atoms with E-state index in [0.29, 0.717) is 19.3 Å². The quantitative estimate of drug-likeness (QED) is 0.0197. The van der Waals surface area contributed by atoms with Gasteiger partial charge in [0.1, 0.15) is 12.7 Å². The van der Waals surface area contributed by atoms with Crippen molar-refractivity contribution in [2.75, 3.05) is 26.4 Å². The molecule has 0 aromatic rings. The van der Waals surface area contributed by atoms with E-state index in [-0.39, 0.29) is 25.9 Å². The minimum absolute atomic E-state index is 0.171. The Labute approximate surface area is 455 Å². The Morgan fingerprint density at radius 1 is 0.365 bits per heavy atom. The highest BCUT2D eigenvalue weighted by Crippen LogP contribution is 2.43. The molecule has 74 heavy (non-hydrogen) atoms. The van der Waals surface area contributed by atoms with Gasteiger partial charge in [-0.1, -0.05) is 251 Å². The van der Waals surface area contributed by atoms with Crippen LogP contribution in [-0.4, -0.2) is 66.5 Å². The van der Waals surface area contributed by atoms with Gasteiger partial charge in [0.25, 0.3) is 0 Å². The first kappa shape index (κ1) is 72.0. The van der Waals surface area contributed by atoms with Crippen molar-refractivity contribution >= 4 is 25.7 Å². The van der Waals surface area contributed by atoms with Gasteiger partial charge in [0.2, 0.25) is 0 Å². The molecule has 0 rings (SSSR count). The standard InChI is InChI=1S/C62H117O11P/c1-4-7-10-13-16-19-22-25-27-28-29-30-32-35-38-41-44-47-50-53-62(66)73-59(55-69-60(64)51-48-45-42-39-36-34-31-26-23-20-17-14-11-8-5-2)57-71-74(67,68)70-56-58(54-63)72-61(65)52-49-46-43-40-37-33-24-21-18-15-12-9-6-3/h21,24,26,31,58-59,63H,4-20,22-23,25,27-30,32-57H2,1-3H3,(H,67,68)/b24-21-,31-26-. The summed E-state index contributed by atoms with van der Waals surface area (Å²) >= 11 is 0. The summed E-state index contributed by atoms with van der Waals surface area (Å²) in [4.78, 5) is 48.6. The van der Waals surface area contributed by atoms with Crippen molar-refractivity contribution in [2.45, 2.75) is 328 Å². The molecule has 0 aliphatic heterocycles. The number of hydrogen-bond donors (Lipinski definition) is 2. The van der Waals surface area contributed by atoms with Crippen LogP contribution in [0.4, 0.5) is 0 Å². The lowest BCUT2D eigenvalue weighted by molar-refractivity contribution is -0.161. The zero-order valence-electron chi connectivity index (χ0n) is 48.3. The van der Waals surface area contributed by atoms with E-state index in [4.69, 9.17) is 23.3 Å². The highest BCUT2D eigenvalue weighted by atomic mass is 31.2. The Morgan fingerprint density at radius 3 is 0.946 bits per heavy atom. The molecule has 0 saturated heterocycles. The van der Waals surface area contributed by atoms with Gasteiger partial charge < -0.3 is 24.2 Å². The van der Waals surface area contributed by atoms with Gasteiger partial charge in [-0.25, -0.2) is 4.57 Å². The third-order valence-corrected chi connectivity index (χ3v) is 14.8. The van der Waals surface area contributed by atoms with Gasteiger partial charge in [0.05, 0.1) is 19.8 Å². The van der Waals surface area contributed by atoms with Crippen LogP contribution in [0, 0.1) is 0 Å². The van der Waals surface area contributed by atoms with Crippen LogP contribution in [0.15, 0.2) is 24.3 Å². The number of unbranched alkanes of at least 4 members (excludes halogenated alkanes) is 38. The van der Waals surface area contributed by atoms with Crippen molar-refractivity contribution in [1.82, 2.24) is 0 Å². The van der Waals surface area contributed by atoms with E-state index in [1.165, 1.54) is 161 Å². The molecule has 0 bridgehead atoms. The molecule has 436 valence electrons. The van der Waals surface area contributed by atoms with Crippen LogP contribution in [-0.2, 0) is 42.2 Å². The molecule has 0 radical (unpaired) electrons. The molecule has 0 aromatic heterocycles. The summed E-state index contributed by atoms with van der Waals surface area (Å²) in [7, 11) is -4.75. The van der Waals surface area contributed by atoms with E-state index in [9.17, 15) is 28.9 Å². The summed E-state index contributed by atoms with van der Waals surface area (Å²) in [6.45, 7) is 4.67. The van der Waals surface area contributed by atoms with Gasteiger partial charge in [-0.3, -0.25) is 23.4 Å². The van der Waals surface area contributed by atoms with Crippen molar-refractivity contribution in [3.8, 4) is 0 Å². The minimum atomic E-state index is -4.75. The SMILES string of the molecule is CCCCCC/C=C\CCCCCCCC(=O)OC(CO)COP(=O)(O)OCC(COC(=O)CCCCCCC/C=C\CCCCCCCC)OC(=O)CCCCCCCCCCCCCCCCCCCCC. The molecule has 0 aromatic carbocycles. The predicted molar refractivity (Wildman–Crippen MR) is 307 cm³/mol. The molecule has 0 aliphatic rings. The van der Waals surface area contributed by atoms with Crippen molar-refractivity contribution in [2.24, 2.45) is 0 Å². The average molecular weight is 1070 g/mol. The Kier molecular flexibility index (Phi) is 55.6. The van der Waals surface area contributed by atoms with Crippen LogP contribution in [0.2, 0.25) is 0 Å². The summed E-state index contributed by atoms with van der Waals surface area (Å²) in [5, 5.41) is 9.82. The summed E-state index contributed by atoms with van der Waals surface area (Å²) < 4.78 is 39.6. The van der Waals surface area contributed by atoms with E-state index in [1.807, 2.05) is 0 Å². The Balaban J connectivity index is 4.67. The summed E-state index contributed by atoms with van der Waals surface area (Å²) in [5.74, 6) is -1.46. The summed E-state index contributed by atoms with van der Waals surface area (Å²) in [6.07, 6.45) is 58.5. The Hall–Kier alpha value is -2.04. The molecule has 0 heterocycles. The van der Waals surface area contributed by atoms with Crippen molar-refractivity contribution in [1.29, 1.82) is 0 Å². The van der Waals surface area contributed by atoms with Crippen LogP contribution < -0.4 is 0 Å². The highest BCUT2D eigenvalue weighted by Gasteiger charge is 2.28. The van der Waals surface area contributed by atoms with Gasteiger partial charge in [0.15, 0.2) is 6.10 Å². The third-order valence-electron chi connectivity index (χ3n) is 13.8. The highest BCUT2D eigenvalue weighted by molar-refractivity contribution is 7.47. The molecule has 0 amide bonds. The largest absolute Gasteiger partial charge is 0.472 e. The molecule has 0 spiro atoms. The molecule has 3 atom stereocenters. The maximum absolute atomic E-state index is 12.9. The minimum Gasteiger partial charge on any atom is -0.462 e. The predicted octanol–water partition coefficient (Wildman–Crippen LogP) is 18.6. The maximum atomic E-state index is 12.9. The number of esters is 3. The lowest BCUT2D eigenvalue weighted by Gasteiger charge is -2.21. The van der Waals surface area contributed by atoms with Crippen LogP contribution in [0.5, 0.6) is 0 Å². The number of phosphoric acid groups is 1. The molecule has 0 fully saturated rings. The van der Waals surface area contributed by atoms with E-state index in [2.05, 4.69) is 45.1 Å². The lowest BCUT2D eigenvalue weighted by Crippen LogP contribution is -2.30. The fourth-order valence-corrected chi connectivity index (χ4v) is 9.84. The zero-order valence-corrected chi connectivity index (χ0v) is 49.2. The second kappa shape index (κ2) is 57.1. The van der Waals surface area contributed by atoms with Crippen LogP contribution in [0.3, 0.4) is 0 Å². The van der Waals surface area contributed by atoms with Crippen LogP contribution in [0.1, 0.15) is 316 Å². The smallest absolute Gasteiger partial charge is 0.462 e. The zero-order chi connectivity index (χ0) is 54.1. The normalized spacial score (nSPS) is 13.4. The molecular formula is C62H117O11P. The number of hydrogen-bond acceptors (Lipinski definition) is 10. The van der Waals surface area contributed by atoms with Gasteiger partial charge in [-0.15, -0.1) is 0 Å². The topological polar surface area (TPSA) is 155 Å². The van der Waals surface area contributed by atoms with Gasteiger partial charge in [-0.05, 0) is 70.6 Å². The van der Waals surface area contributed by atoms with Gasteiger partial charge in [0, 0.05) is 19.3 Å². The molecule has 0 saturated carbocycles. The van der Waals surface area contributed by atoms with E-state index < -0.39 is 57.8 Å². The van der Waals surface area contributed by atoms with E-state index in [1.54, 1.807) is 0 Å². The number of allylic oxidation sites excluding steroid dienone is 4. The maximum Gasteiger partial charge on any atom is 0.472 e. The number of aliphatic hydroxyl groups is 1. The second-order valence-electron chi connectivity index (χ2n) is 21.2. The van der Waals surface area contributed by atoms with Gasteiger partial charge >= 0.3 is 25.7 Å². The fourth-order valence-electron chi connectivity index (χ4n) is 9.05. The lowest BCUT2D eigenvalue weighted by atomic mass is 10.0. The molecule has 11 nitrogen and oxygen atoms in total. The molecule has 2 N–H and O–H groups in total. The fraction of sp³-hybridized carbons (Fsp3) is 0.887. The summed E-state index contributed by atoms with van der Waals surface area (Å²) in [6, 6.07) is 0. The Bertz CT molecular complexity index is 1340. The number of phosphoric ester groups is 1. The van der Waals surface area contributed by atoms with Gasteiger partial charge in [-0.2, -0.15) is 0 Å². The first-order valence-corrected chi connectivity index (χ1v) is 32.7. The van der Waals surface area contributed by atoms with Crippen molar-refractivity contribution < 1.29 is 52.2 Å². The number of carbonyl (C=O) groups is 3. The molecule has 12 heteroatoms. The van der Waals surface area contributed by atoms with Crippen molar-refractivity contribution in [3.05, 3.63) is 24.3 Å². The van der Waals surface area contributed by atoms with E-state index in [0.717, 1.165) is 96.3 Å². The van der Waals surface area contributed by atoms with E-state index >= 15 is 0 Å². The van der Waals surface area contributed by atoms with Crippen LogP contribution in [0.25, 0.3) is 0 Å². The van der Waals surface area contributed by atoms with Crippen molar-refractivity contribution in [3.63, 3.8) is 0 Å². The second-order valence-corrected chi connectivity index (χ2v) is 22.7. The first-order chi connectivity index (χ1) is 36.2. The van der Waals surface area contributed by atoms with Crippen LogP contribution >= 0.6 is 7.82 Å². The molecule has 0 aliphatic carbocycles. The average Bonchev–Trinajstić information content (AvgIpc) is 3.39. The first-order valence-electron chi connectivity index (χ1n) is 31.2. The Morgan fingerprint density at radius 2 is 0.622 bits per heavy atom. The number of aliphatic hydroxyl groups excluding tert-OH is 1. The third kappa shape index (κ3) is 54.7. The number of carbonyl (C=O) groups excluding carboxylic acids is 3. The molecule has 3 unspecified atom stereocenters.